The molecular formula is C21H21NO3S. The number of carbonyl (C=O) groups excluding carboxylic acids is 1. The molecule has 0 saturated carbocycles. The first kappa shape index (κ1) is 19.4. The molecule has 0 radical (unpaired) electrons. The van der Waals surface area contributed by atoms with Crippen molar-refractivity contribution in [1.82, 2.24) is 0 Å². The van der Waals surface area contributed by atoms with E-state index in [9.17, 15) is 14.7 Å². The average molecular weight is 367 g/mol. The van der Waals surface area contributed by atoms with Gasteiger partial charge in [-0.05, 0) is 36.2 Å². The summed E-state index contributed by atoms with van der Waals surface area (Å²) in [6.45, 7) is 5.81. The SMILES string of the molecule is CC.Cc1cc(C(=O)O)c(NC(=O)c2ccc(-c3ccccc3)cc2)s1. The van der Waals surface area contributed by atoms with Crippen LogP contribution in [0, 0.1) is 6.92 Å². The molecule has 2 N–H and O–H groups in total. The minimum atomic E-state index is -1.05. The summed E-state index contributed by atoms with van der Waals surface area (Å²) in [7, 11) is 0. The number of hydrogen-bond donors (Lipinski definition) is 2. The van der Waals surface area contributed by atoms with E-state index in [2.05, 4.69) is 5.32 Å². The lowest BCUT2D eigenvalue weighted by atomic mass is 10.0. The van der Waals surface area contributed by atoms with Gasteiger partial charge in [0.25, 0.3) is 5.91 Å². The van der Waals surface area contributed by atoms with Crippen LogP contribution in [-0.4, -0.2) is 17.0 Å². The number of hydrogen-bond acceptors (Lipinski definition) is 3. The Balaban J connectivity index is 0.00000117. The van der Waals surface area contributed by atoms with Crippen molar-refractivity contribution < 1.29 is 14.7 Å². The number of carboxylic acids is 1. The highest BCUT2D eigenvalue weighted by atomic mass is 32.1. The summed E-state index contributed by atoms with van der Waals surface area (Å²) in [5, 5.41) is 12.2. The lowest BCUT2D eigenvalue weighted by Gasteiger charge is -2.06. The molecule has 0 aliphatic carbocycles. The number of aromatic carboxylic acids is 1. The van der Waals surface area contributed by atoms with E-state index in [1.54, 1.807) is 25.1 Å². The van der Waals surface area contributed by atoms with Gasteiger partial charge in [0.15, 0.2) is 0 Å². The quantitative estimate of drug-likeness (QED) is 0.621. The van der Waals surface area contributed by atoms with Gasteiger partial charge in [0.2, 0.25) is 0 Å². The predicted octanol–water partition coefficient (Wildman–Crippen LogP) is 5.70. The molecule has 2 aromatic carbocycles. The molecule has 0 unspecified atom stereocenters. The van der Waals surface area contributed by atoms with E-state index >= 15 is 0 Å². The molecular weight excluding hydrogens is 346 g/mol. The number of anilines is 1. The summed E-state index contributed by atoms with van der Waals surface area (Å²) in [5.41, 5.74) is 2.70. The van der Waals surface area contributed by atoms with Gasteiger partial charge in [0, 0.05) is 10.4 Å². The van der Waals surface area contributed by atoms with Gasteiger partial charge < -0.3 is 10.4 Å². The van der Waals surface area contributed by atoms with Gasteiger partial charge in [-0.1, -0.05) is 56.3 Å². The van der Waals surface area contributed by atoms with E-state index in [1.165, 1.54) is 11.3 Å². The molecule has 1 heterocycles. The summed E-state index contributed by atoms with van der Waals surface area (Å²) in [4.78, 5) is 24.4. The highest BCUT2D eigenvalue weighted by Crippen LogP contribution is 2.28. The van der Waals surface area contributed by atoms with Crippen molar-refractivity contribution in [3.63, 3.8) is 0 Å². The van der Waals surface area contributed by atoms with Crippen molar-refractivity contribution in [2.75, 3.05) is 5.32 Å². The van der Waals surface area contributed by atoms with Gasteiger partial charge in [0.05, 0.1) is 5.56 Å². The molecule has 0 spiro atoms. The maximum absolute atomic E-state index is 12.3. The molecule has 1 aromatic heterocycles. The van der Waals surface area contributed by atoms with E-state index in [1.807, 2.05) is 56.3 Å². The molecule has 1 amide bonds. The molecule has 26 heavy (non-hydrogen) atoms. The van der Waals surface area contributed by atoms with Crippen LogP contribution < -0.4 is 5.32 Å². The van der Waals surface area contributed by atoms with E-state index in [0.29, 0.717) is 10.6 Å². The van der Waals surface area contributed by atoms with E-state index in [0.717, 1.165) is 16.0 Å². The monoisotopic (exact) mass is 367 g/mol. The number of thiophene rings is 1. The molecule has 0 aliphatic heterocycles. The Kier molecular flexibility index (Phi) is 6.69. The molecule has 0 fully saturated rings. The fraction of sp³-hybridized carbons (Fsp3) is 0.143. The van der Waals surface area contributed by atoms with Crippen LogP contribution in [0.25, 0.3) is 11.1 Å². The summed E-state index contributed by atoms with van der Waals surface area (Å²) >= 11 is 1.25. The third kappa shape index (κ3) is 4.58. The molecule has 3 rings (SSSR count). The zero-order chi connectivity index (χ0) is 19.1. The first-order chi connectivity index (χ1) is 12.5. The largest absolute Gasteiger partial charge is 0.478 e. The van der Waals surface area contributed by atoms with Gasteiger partial charge in [-0.15, -0.1) is 11.3 Å². The third-order valence-electron chi connectivity index (χ3n) is 3.57. The number of carboxylic acid groups (broad SMARTS) is 1. The topological polar surface area (TPSA) is 66.4 Å². The van der Waals surface area contributed by atoms with Gasteiger partial charge in [-0.2, -0.15) is 0 Å². The first-order valence-corrected chi connectivity index (χ1v) is 9.17. The fourth-order valence-corrected chi connectivity index (χ4v) is 3.28. The van der Waals surface area contributed by atoms with Crippen LogP contribution in [0.1, 0.15) is 39.4 Å². The minimum absolute atomic E-state index is 0.117. The predicted molar refractivity (Wildman–Crippen MR) is 107 cm³/mol. The average Bonchev–Trinajstić information content (AvgIpc) is 3.04. The highest BCUT2D eigenvalue weighted by molar-refractivity contribution is 7.16. The second-order valence-corrected chi connectivity index (χ2v) is 6.56. The van der Waals surface area contributed by atoms with Crippen molar-refractivity contribution in [2.24, 2.45) is 0 Å². The Morgan fingerprint density at radius 2 is 1.50 bits per heavy atom. The number of carbonyl (C=O) groups is 2. The molecule has 3 aromatic rings. The summed E-state index contributed by atoms with van der Waals surface area (Å²) in [5.74, 6) is -1.37. The van der Waals surface area contributed by atoms with Gasteiger partial charge in [-0.3, -0.25) is 4.79 Å². The molecule has 0 atom stereocenters. The smallest absolute Gasteiger partial charge is 0.338 e. The minimum Gasteiger partial charge on any atom is -0.478 e. The van der Waals surface area contributed by atoms with E-state index in [-0.39, 0.29) is 11.5 Å². The van der Waals surface area contributed by atoms with Crippen LogP contribution in [0.15, 0.2) is 60.7 Å². The van der Waals surface area contributed by atoms with Crippen molar-refractivity contribution in [2.45, 2.75) is 20.8 Å². The third-order valence-corrected chi connectivity index (χ3v) is 4.53. The van der Waals surface area contributed by atoms with Crippen LogP contribution in [0.3, 0.4) is 0 Å². The number of nitrogens with one attached hydrogen (secondary N) is 1. The van der Waals surface area contributed by atoms with Crippen molar-refractivity contribution in [3.8, 4) is 11.1 Å². The molecule has 0 saturated heterocycles. The molecule has 0 bridgehead atoms. The molecule has 4 nitrogen and oxygen atoms in total. The second kappa shape index (κ2) is 8.97. The number of amides is 1. The summed E-state index contributed by atoms with van der Waals surface area (Å²) < 4.78 is 0. The van der Waals surface area contributed by atoms with Crippen LogP contribution >= 0.6 is 11.3 Å². The highest BCUT2D eigenvalue weighted by Gasteiger charge is 2.16. The van der Waals surface area contributed by atoms with Crippen LogP contribution in [0.2, 0.25) is 0 Å². The Morgan fingerprint density at radius 3 is 2.08 bits per heavy atom. The van der Waals surface area contributed by atoms with Crippen molar-refractivity contribution in [3.05, 3.63) is 76.7 Å². The fourth-order valence-electron chi connectivity index (χ4n) is 2.39. The maximum Gasteiger partial charge on any atom is 0.338 e. The Bertz CT molecular complexity index is 883. The zero-order valence-electron chi connectivity index (χ0n) is 14.9. The van der Waals surface area contributed by atoms with Gasteiger partial charge in [-0.25, -0.2) is 4.79 Å². The summed E-state index contributed by atoms with van der Waals surface area (Å²) in [6, 6.07) is 18.7. The Labute approximate surface area is 157 Å². The Hall–Kier alpha value is -2.92. The summed E-state index contributed by atoms with van der Waals surface area (Å²) in [6.07, 6.45) is 0. The van der Waals surface area contributed by atoms with Gasteiger partial charge in [0.1, 0.15) is 5.00 Å². The maximum atomic E-state index is 12.3. The standard InChI is InChI=1S/C19H15NO3S.C2H6/c1-12-11-16(19(22)23)18(24-12)20-17(21)15-9-7-14(8-10-15)13-5-3-2-4-6-13;1-2/h2-11H,1H3,(H,20,21)(H,22,23);1-2H3. The molecule has 5 heteroatoms. The molecule has 0 aliphatic rings. The number of benzene rings is 2. The lowest BCUT2D eigenvalue weighted by Crippen LogP contribution is -2.13. The Morgan fingerprint density at radius 1 is 0.923 bits per heavy atom. The zero-order valence-corrected chi connectivity index (χ0v) is 15.8. The van der Waals surface area contributed by atoms with Crippen molar-refractivity contribution >= 4 is 28.2 Å². The van der Waals surface area contributed by atoms with Crippen LogP contribution in [0.5, 0.6) is 0 Å². The van der Waals surface area contributed by atoms with Gasteiger partial charge >= 0.3 is 5.97 Å². The van der Waals surface area contributed by atoms with E-state index < -0.39 is 5.97 Å². The van der Waals surface area contributed by atoms with Crippen molar-refractivity contribution in [1.29, 1.82) is 0 Å². The molecule has 134 valence electrons. The first-order valence-electron chi connectivity index (χ1n) is 8.35. The normalized spacial score (nSPS) is 9.81. The van der Waals surface area contributed by atoms with Crippen LogP contribution in [-0.2, 0) is 0 Å². The number of rotatable bonds is 4. The number of aryl methyl sites for hydroxylation is 1. The van der Waals surface area contributed by atoms with E-state index in [4.69, 9.17) is 0 Å². The van der Waals surface area contributed by atoms with Crippen LogP contribution in [0.4, 0.5) is 5.00 Å². The second-order valence-electron chi connectivity index (χ2n) is 5.30. The lowest BCUT2D eigenvalue weighted by molar-refractivity contribution is 0.0698.